The van der Waals surface area contributed by atoms with Gasteiger partial charge >= 0.3 is 0 Å². The van der Waals surface area contributed by atoms with Crippen LogP contribution in [0.4, 0.5) is 0 Å². The SMILES string of the molecule is CC(C)CCC/C=N/OCc1ccc(-n2cccn2)nc1. The van der Waals surface area contributed by atoms with Crippen molar-refractivity contribution in [3.63, 3.8) is 0 Å². The van der Waals surface area contributed by atoms with E-state index in [1.54, 1.807) is 17.1 Å². The number of aromatic nitrogens is 3. The molecule has 2 rings (SSSR count). The van der Waals surface area contributed by atoms with Crippen molar-refractivity contribution in [2.75, 3.05) is 0 Å². The number of hydrogen-bond acceptors (Lipinski definition) is 4. The number of nitrogens with zero attached hydrogens (tertiary/aromatic N) is 4. The van der Waals surface area contributed by atoms with E-state index < -0.39 is 0 Å². The molecule has 5 heteroatoms. The van der Waals surface area contributed by atoms with Gasteiger partial charge in [0.05, 0.1) is 0 Å². The van der Waals surface area contributed by atoms with Crippen LogP contribution in [-0.2, 0) is 11.4 Å². The van der Waals surface area contributed by atoms with Crippen LogP contribution in [0.2, 0.25) is 0 Å². The van der Waals surface area contributed by atoms with Gasteiger partial charge in [0.2, 0.25) is 0 Å². The monoisotopic (exact) mass is 286 g/mol. The van der Waals surface area contributed by atoms with Crippen LogP contribution in [0.1, 0.15) is 38.7 Å². The number of pyridine rings is 1. The number of rotatable bonds is 8. The number of hydrogen-bond donors (Lipinski definition) is 0. The van der Waals surface area contributed by atoms with Gasteiger partial charge < -0.3 is 4.84 Å². The van der Waals surface area contributed by atoms with Gasteiger partial charge in [-0.1, -0.05) is 31.5 Å². The molecule has 0 saturated carbocycles. The second-order valence-corrected chi connectivity index (χ2v) is 5.36. The van der Waals surface area contributed by atoms with Crippen LogP contribution in [0.5, 0.6) is 0 Å². The molecule has 0 fully saturated rings. The first kappa shape index (κ1) is 15.2. The lowest BCUT2D eigenvalue weighted by atomic mass is 10.1. The molecule has 0 aliphatic heterocycles. The summed E-state index contributed by atoms with van der Waals surface area (Å²) in [7, 11) is 0. The number of oxime groups is 1. The maximum Gasteiger partial charge on any atom is 0.153 e. The first-order valence-electron chi connectivity index (χ1n) is 7.34. The van der Waals surface area contributed by atoms with Gasteiger partial charge in [-0.15, -0.1) is 0 Å². The molecule has 2 aromatic heterocycles. The fraction of sp³-hybridized carbons (Fsp3) is 0.438. The fourth-order valence-electron chi connectivity index (χ4n) is 1.88. The van der Waals surface area contributed by atoms with Crippen molar-refractivity contribution in [2.45, 2.75) is 39.7 Å². The van der Waals surface area contributed by atoms with E-state index >= 15 is 0 Å². The van der Waals surface area contributed by atoms with Gasteiger partial charge in [0.15, 0.2) is 5.82 Å². The average Bonchev–Trinajstić information content (AvgIpc) is 3.01. The molecular weight excluding hydrogens is 264 g/mol. The molecule has 0 atom stereocenters. The molecule has 2 aromatic rings. The summed E-state index contributed by atoms with van der Waals surface area (Å²) < 4.78 is 1.72. The molecule has 0 saturated heterocycles. The summed E-state index contributed by atoms with van der Waals surface area (Å²) in [6.45, 7) is 4.90. The molecule has 112 valence electrons. The highest BCUT2D eigenvalue weighted by Gasteiger charge is 1.98. The Morgan fingerprint density at radius 3 is 2.95 bits per heavy atom. The maximum atomic E-state index is 5.26. The van der Waals surface area contributed by atoms with Crippen molar-refractivity contribution in [3.05, 3.63) is 42.4 Å². The molecule has 0 aliphatic rings. The Labute approximate surface area is 125 Å². The summed E-state index contributed by atoms with van der Waals surface area (Å²) in [6.07, 6.45) is 10.6. The third kappa shape index (κ3) is 5.38. The topological polar surface area (TPSA) is 52.3 Å². The fourth-order valence-corrected chi connectivity index (χ4v) is 1.88. The van der Waals surface area contributed by atoms with E-state index in [4.69, 9.17) is 4.84 Å². The van der Waals surface area contributed by atoms with Crippen LogP contribution >= 0.6 is 0 Å². The summed E-state index contributed by atoms with van der Waals surface area (Å²) in [6, 6.07) is 5.75. The summed E-state index contributed by atoms with van der Waals surface area (Å²) in [5, 5.41) is 8.10. The molecule has 0 aromatic carbocycles. The lowest BCUT2D eigenvalue weighted by Crippen LogP contribution is -1.98. The summed E-state index contributed by atoms with van der Waals surface area (Å²) >= 11 is 0. The van der Waals surface area contributed by atoms with Gasteiger partial charge in [0, 0.05) is 30.4 Å². The molecule has 5 nitrogen and oxygen atoms in total. The van der Waals surface area contributed by atoms with Crippen molar-refractivity contribution in [1.29, 1.82) is 0 Å². The molecule has 2 heterocycles. The van der Waals surface area contributed by atoms with E-state index in [1.807, 2.05) is 30.6 Å². The summed E-state index contributed by atoms with van der Waals surface area (Å²) in [4.78, 5) is 9.60. The minimum absolute atomic E-state index is 0.438. The predicted octanol–water partition coefficient (Wildman–Crippen LogP) is 3.60. The predicted molar refractivity (Wildman–Crippen MR) is 83.3 cm³/mol. The minimum Gasteiger partial charge on any atom is -0.391 e. The average molecular weight is 286 g/mol. The second kappa shape index (κ2) is 8.19. The van der Waals surface area contributed by atoms with Gasteiger partial charge in [-0.2, -0.15) is 5.10 Å². The smallest absolute Gasteiger partial charge is 0.153 e. The van der Waals surface area contributed by atoms with Crippen LogP contribution in [0.3, 0.4) is 0 Å². The molecular formula is C16H22N4O. The lowest BCUT2D eigenvalue weighted by Gasteiger charge is -2.03. The van der Waals surface area contributed by atoms with Crippen LogP contribution in [0.25, 0.3) is 5.82 Å². The molecule has 0 amide bonds. The second-order valence-electron chi connectivity index (χ2n) is 5.36. The van der Waals surface area contributed by atoms with E-state index in [1.165, 1.54) is 6.42 Å². The van der Waals surface area contributed by atoms with Crippen molar-refractivity contribution in [2.24, 2.45) is 11.1 Å². The molecule has 0 radical (unpaired) electrons. The molecule has 0 unspecified atom stereocenters. The van der Waals surface area contributed by atoms with Gasteiger partial charge in [-0.3, -0.25) is 0 Å². The zero-order valence-electron chi connectivity index (χ0n) is 12.6. The van der Waals surface area contributed by atoms with Gasteiger partial charge in [0.1, 0.15) is 6.61 Å². The quantitative estimate of drug-likeness (QED) is 0.423. The van der Waals surface area contributed by atoms with Crippen molar-refractivity contribution >= 4 is 6.21 Å². The van der Waals surface area contributed by atoms with Gasteiger partial charge in [-0.25, -0.2) is 9.67 Å². The third-order valence-electron chi connectivity index (χ3n) is 3.04. The molecule has 0 bridgehead atoms. The molecule has 0 N–H and O–H groups in total. The van der Waals surface area contributed by atoms with Crippen LogP contribution in [0.15, 0.2) is 41.9 Å². The highest BCUT2D eigenvalue weighted by atomic mass is 16.6. The Morgan fingerprint density at radius 1 is 1.38 bits per heavy atom. The van der Waals surface area contributed by atoms with E-state index in [-0.39, 0.29) is 0 Å². The number of unbranched alkanes of at least 4 members (excludes halogenated alkanes) is 1. The van der Waals surface area contributed by atoms with E-state index in [0.29, 0.717) is 6.61 Å². The maximum absolute atomic E-state index is 5.26. The molecule has 0 aliphatic carbocycles. The summed E-state index contributed by atoms with van der Waals surface area (Å²) in [5.41, 5.74) is 0.991. The van der Waals surface area contributed by atoms with Crippen molar-refractivity contribution < 1.29 is 4.84 Å². The van der Waals surface area contributed by atoms with E-state index in [2.05, 4.69) is 29.1 Å². The standard InChI is InChI=1S/C16H22N4O/c1-14(2)6-3-4-10-19-21-13-15-7-8-16(17-12-15)20-11-5-9-18-20/h5,7-12,14H,3-4,6,13H2,1-2H3/b19-10+. The van der Waals surface area contributed by atoms with Crippen LogP contribution in [-0.4, -0.2) is 21.0 Å². The van der Waals surface area contributed by atoms with E-state index in [9.17, 15) is 0 Å². The van der Waals surface area contributed by atoms with Crippen molar-refractivity contribution in [1.82, 2.24) is 14.8 Å². The third-order valence-corrected chi connectivity index (χ3v) is 3.04. The highest BCUT2D eigenvalue weighted by molar-refractivity contribution is 5.56. The minimum atomic E-state index is 0.438. The zero-order valence-corrected chi connectivity index (χ0v) is 12.6. The largest absolute Gasteiger partial charge is 0.391 e. The first-order valence-corrected chi connectivity index (χ1v) is 7.34. The van der Waals surface area contributed by atoms with Gasteiger partial charge in [-0.05, 0) is 30.9 Å². The Bertz CT molecular complexity index is 532. The Hall–Kier alpha value is -2.17. The van der Waals surface area contributed by atoms with Crippen molar-refractivity contribution in [3.8, 4) is 5.82 Å². The Kier molecular flexibility index (Phi) is 5.94. The highest BCUT2D eigenvalue weighted by Crippen LogP contribution is 2.07. The molecule has 0 spiro atoms. The van der Waals surface area contributed by atoms with Gasteiger partial charge in [0.25, 0.3) is 0 Å². The van der Waals surface area contributed by atoms with Crippen LogP contribution in [0, 0.1) is 5.92 Å². The molecule has 21 heavy (non-hydrogen) atoms. The lowest BCUT2D eigenvalue weighted by molar-refractivity contribution is 0.131. The normalized spacial score (nSPS) is 11.4. The zero-order chi connectivity index (χ0) is 14.9. The van der Waals surface area contributed by atoms with E-state index in [0.717, 1.165) is 30.1 Å². The van der Waals surface area contributed by atoms with Crippen LogP contribution < -0.4 is 0 Å². The first-order chi connectivity index (χ1) is 10.3. The summed E-state index contributed by atoms with van der Waals surface area (Å²) in [5.74, 6) is 1.54. The Morgan fingerprint density at radius 2 is 2.29 bits per heavy atom. The Balaban J connectivity index is 1.70.